The summed E-state index contributed by atoms with van der Waals surface area (Å²) < 4.78 is 0. The van der Waals surface area contributed by atoms with E-state index in [4.69, 9.17) is 10.7 Å². The highest BCUT2D eigenvalue weighted by atomic mass is 16.6. The van der Waals surface area contributed by atoms with E-state index >= 15 is 0 Å². The second kappa shape index (κ2) is 11.8. The van der Waals surface area contributed by atoms with Crippen LogP contribution in [0, 0.1) is 13.8 Å². The number of benzene rings is 2. The summed E-state index contributed by atoms with van der Waals surface area (Å²) in [5.41, 5.74) is 8.14. The van der Waals surface area contributed by atoms with E-state index in [0.717, 1.165) is 28.9 Å². The molecule has 0 amide bonds. The first-order chi connectivity index (χ1) is 13.3. The molecule has 0 saturated carbocycles. The summed E-state index contributed by atoms with van der Waals surface area (Å²) in [6.45, 7) is 12.2. The van der Waals surface area contributed by atoms with Gasteiger partial charge >= 0.3 is 0 Å². The Morgan fingerprint density at radius 3 is 2.46 bits per heavy atom. The maximum absolute atomic E-state index is 5.64. The van der Waals surface area contributed by atoms with Crippen molar-refractivity contribution in [2.45, 2.75) is 40.7 Å². The summed E-state index contributed by atoms with van der Waals surface area (Å²) in [4.78, 5) is 5.64. The first-order valence-corrected chi connectivity index (χ1v) is 9.47. The van der Waals surface area contributed by atoms with Crippen LogP contribution in [0.4, 0.5) is 5.69 Å². The van der Waals surface area contributed by atoms with Crippen LogP contribution in [0.15, 0.2) is 54.3 Å². The molecule has 2 aromatic rings. The maximum atomic E-state index is 5.64. The average Bonchev–Trinajstić information content (AvgIpc) is 2.69. The average molecular weight is 383 g/mol. The van der Waals surface area contributed by atoms with Crippen molar-refractivity contribution in [2.75, 3.05) is 19.4 Å². The van der Waals surface area contributed by atoms with Crippen LogP contribution in [0.5, 0.6) is 0 Å². The number of hydrogen-bond acceptors (Lipinski definition) is 5. The molecule has 5 nitrogen and oxygen atoms in total. The molecule has 0 bridgehead atoms. The van der Waals surface area contributed by atoms with Crippen LogP contribution in [-0.4, -0.2) is 24.8 Å². The van der Waals surface area contributed by atoms with Crippen molar-refractivity contribution in [1.29, 1.82) is 0 Å². The van der Waals surface area contributed by atoms with E-state index in [2.05, 4.69) is 68.2 Å². The van der Waals surface area contributed by atoms with Gasteiger partial charge in [0.1, 0.15) is 6.61 Å². The summed E-state index contributed by atoms with van der Waals surface area (Å²) in [6, 6.07) is 12.5. The molecule has 0 aliphatic heterocycles. The number of rotatable bonds is 7. The van der Waals surface area contributed by atoms with Crippen LogP contribution >= 0.6 is 0 Å². The second-order valence-corrected chi connectivity index (χ2v) is 6.59. The minimum Gasteiger partial charge on any atom is -0.391 e. The van der Waals surface area contributed by atoms with Crippen molar-refractivity contribution in [3.8, 4) is 0 Å². The van der Waals surface area contributed by atoms with Gasteiger partial charge in [0.2, 0.25) is 0 Å². The van der Waals surface area contributed by atoms with Gasteiger partial charge in [0.15, 0.2) is 0 Å². The fourth-order valence-electron chi connectivity index (χ4n) is 2.83. The van der Waals surface area contributed by atoms with Gasteiger partial charge in [-0.25, -0.2) is 5.84 Å². The van der Waals surface area contributed by atoms with E-state index in [1.165, 1.54) is 27.9 Å². The van der Waals surface area contributed by atoms with Crippen molar-refractivity contribution in [3.05, 3.63) is 77.0 Å². The van der Waals surface area contributed by atoms with E-state index in [1.807, 2.05) is 20.0 Å². The van der Waals surface area contributed by atoms with Crippen molar-refractivity contribution < 1.29 is 4.84 Å². The highest BCUT2D eigenvalue weighted by molar-refractivity contribution is 5.99. The third-order valence-corrected chi connectivity index (χ3v) is 4.59. The largest absolute Gasteiger partial charge is 0.391 e. The molecule has 3 N–H and O–H groups in total. The summed E-state index contributed by atoms with van der Waals surface area (Å²) >= 11 is 0. The molecule has 0 heterocycles. The number of nitrogens with one attached hydrogen (secondary N) is 1. The molecule has 2 aromatic carbocycles. The minimum atomic E-state index is 0.465. The molecule has 0 unspecified atom stereocenters. The number of nitrogens with two attached hydrogens (primary N) is 1. The van der Waals surface area contributed by atoms with Gasteiger partial charge in [-0.05, 0) is 49.9 Å². The Labute approximate surface area is 169 Å². The smallest absolute Gasteiger partial charge is 0.144 e. The SMILES string of the molecule is C=CN(C)N.CCc1cccc(C(C)=NOCc2c(C)cccc2NC)c1C. The van der Waals surface area contributed by atoms with Crippen LogP contribution in [0.2, 0.25) is 0 Å². The molecular formula is C23H34N4O. The summed E-state index contributed by atoms with van der Waals surface area (Å²) in [7, 11) is 3.64. The lowest BCUT2D eigenvalue weighted by molar-refractivity contribution is 0.130. The first kappa shape index (κ1) is 23.2. The Balaban J connectivity index is 0.000000696. The maximum Gasteiger partial charge on any atom is 0.144 e. The lowest BCUT2D eigenvalue weighted by Gasteiger charge is -2.12. The summed E-state index contributed by atoms with van der Waals surface area (Å²) in [6.07, 6.45) is 2.56. The van der Waals surface area contributed by atoms with Crippen LogP contribution in [0.3, 0.4) is 0 Å². The molecule has 0 aliphatic carbocycles. The van der Waals surface area contributed by atoms with Gasteiger partial charge in [0, 0.05) is 37.1 Å². The molecule has 0 fully saturated rings. The van der Waals surface area contributed by atoms with Crippen molar-refractivity contribution >= 4 is 11.4 Å². The Morgan fingerprint density at radius 2 is 1.89 bits per heavy atom. The number of aryl methyl sites for hydroxylation is 2. The van der Waals surface area contributed by atoms with E-state index < -0.39 is 0 Å². The number of hydrazine groups is 1. The fourth-order valence-corrected chi connectivity index (χ4v) is 2.83. The Morgan fingerprint density at radius 1 is 1.25 bits per heavy atom. The molecule has 0 aliphatic rings. The van der Waals surface area contributed by atoms with Crippen molar-refractivity contribution in [2.24, 2.45) is 11.0 Å². The van der Waals surface area contributed by atoms with Crippen LogP contribution in [-0.2, 0) is 17.9 Å². The molecule has 0 radical (unpaired) electrons. The summed E-state index contributed by atoms with van der Waals surface area (Å²) in [5, 5.41) is 8.92. The number of oxime groups is 1. The molecule has 0 saturated heterocycles. The van der Waals surface area contributed by atoms with Gasteiger partial charge < -0.3 is 15.2 Å². The van der Waals surface area contributed by atoms with Crippen LogP contribution in [0.1, 0.15) is 41.7 Å². The normalized spacial score (nSPS) is 10.6. The molecule has 2 rings (SSSR count). The first-order valence-electron chi connectivity index (χ1n) is 9.47. The van der Waals surface area contributed by atoms with Crippen LogP contribution in [0.25, 0.3) is 0 Å². The molecule has 28 heavy (non-hydrogen) atoms. The zero-order chi connectivity index (χ0) is 21.1. The molecule has 0 spiro atoms. The van der Waals surface area contributed by atoms with Gasteiger partial charge in [0.25, 0.3) is 0 Å². The Kier molecular flexibility index (Phi) is 9.82. The lowest BCUT2D eigenvalue weighted by Crippen LogP contribution is -2.17. The van der Waals surface area contributed by atoms with Gasteiger partial charge in [-0.2, -0.15) is 0 Å². The van der Waals surface area contributed by atoms with Gasteiger partial charge in [-0.3, -0.25) is 0 Å². The van der Waals surface area contributed by atoms with Gasteiger partial charge in [0.05, 0.1) is 5.71 Å². The van der Waals surface area contributed by atoms with E-state index in [9.17, 15) is 0 Å². The molecule has 0 aromatic heterocycles. The predicted octanol–water partition coefficient (Wildman–Crippen LogP) is 4.78. The van der Waals surface area contributed by atoms with Crippen molar-refractivity contribution in [3.63, 3.8) is 0 Å². The topological polar surface area (TPSA) is 62.9 Å². The predicted molar refractivity (Wildman–Crippen MR) is 120 cm³/mol. The number of nitrogens with zero attached hydrogens (tertiary/aromatic N) is 2. The van der Waals surface area contributed by atoms with Crippen molar-refractivity contribution in [1.82, 2.24) is 5.01 Å². The second-order valence-electron chi connectivity index (χ2n) is 6.59. The molecular weight excluding hydrogens is 348 g/mol. The van der Waals surface area contributed by atoms with Gasteiger partial charge in [-0.1, -0.05) is 49.0 Å². The third-order valence-electron chi connectivity index (χ3n) is 4.59. The highest BCUT2D eigenvalue weighted by Gasteiger charge is 2.07. The quantitative estimate of drug-likeness (QED) is 0.411. The number of anilines is 1. The van der Waals surface area contributed by atoms with Gasteiger partial charge in [-0.15, -0.1) is 0 Å². The van der Waals surface area contributed by atoms with E-state index in [0.29, 0.717) is 6.61 Å². The van der Waals surface area contributed by atoms with E-state index in [-0.39, 0.29) is 0 Å². The Bertz CT molecular complexity index is 797. The molecule has 152 valence electrons. The molecule has 0 atom stereocenters. The summed E-state index contributed by atoms with van der Waals surface area (Å²) in [5.74, 6) is 5.01. The monoisotopic (exact) mass is 382 g/mol. The zero-order valence-corrected chi connectivity index (χ0v) is 18.0. The highest BCUT2D eigenvalue weighted by Crippen LogP contribution is 2.20. The third kappa shape index (κ3) is 6.74. The lowest BCUT2D eigenvalue weighted by atomic mass is 9.98. The minimum absolute atomic E-state index is 0.465. The fraction of sp³-hybridized carbons (Fsp3) is 0.348. The zero-order valence-electron chi connectivity index (χ0n) is 18.0. The standard InChI is InChI=1S/C20H26N2O.C3H8N2/c1-6-17-10-8-11-18(15(17)3)16(4)22-23-13-19-14(2)9-7-12-20(19)21-5;1-3-5(2)4/h7-12,21H,6,13H2,1-5H3;3H,1,4H2,2H3. The molecule has 5 heteroatoms. The Hall–Kier alpha value is -2.79. The van der Waals surface area contributed by atoms with Crippen LogP contribution < -0.4 is 11.2 Å². The number of hydrogen-bond donors (Lipinski definition) is 2. The van der Waals surface area contributed by atoms with E-state index in [1.54, 1.807) is 7.05 Å².